The van der Waals surface area contributed by atoms with E-state index in [2.05, 4.69) is 21.8 Å². The lowest BCUT2D eigenvalue weighted by Crippen LogP contribution is -3.14. The van der Waals surface area contributed by atoms with Gasteiger partial charge < -0.3 is 14.4 Å². The van der Waals surface area contributed by atoms with Crippen LogP contribution in [-0.2, 0) is 7.05 Å². The van der Waals surface area contributed by atoms with Crippen molar-refractivity contribution in [1.82, 2.24) is 14.8 Å². The Kier molecular flexibility index (Phi) is 5.98. The molecule has 3 heterocycles. The third-order valence-corrected chi connectivity index (χ3v) is 7.74. The molecule has 2 saturated heterocycles. The van der Waals surface area contributed by atoms with E-state index in [4.69, 9.17) is 0 Å². The van der Waals surface area contributed by atoms with Crippen LogP contribution < -0.4 is 9.80 Å². The second kappa shape index (κ2) is 8.40. The number of likely N-dealkylation sites (tertiary alicyclic amines) is 2. The van der Waals surface area contributed by atoms with E-state index in [-0.39, 0.29) is 0 Å². The quantitative estimate of drug-likeness (QED) is 0.727. The topological polar surface area (TPSA) is 39.6 Å². The van der Waals surface area contributed by atoms with Crippen LogP contribution in [-0.4, -0.2) is 52.7 Å². The van der Waals surface area contributed by atoms with Crippen LogP contribution in [0.25, 0.3) is 0 Å². The minimum Gasteiger partial charge on any atom is -0.334 e. The molecule has 1 saturated carbocycles. The number of thioether (sulfide) groups is 1. The van der Waals surface area contributed by atoms with Crippen LogP contribution in [0.15, 0.2) is 5.16 Å². The van der Waals surface area contributed by atoms with Gasteiger partial charge in [0.25, 0.3) is 0 Å². The van der Waals surface area contributed by atoms with Gasteiger partial charge in [0, 0.05) is 32.7 Å². The summed E-state index contributed by atoms with van der Waals surface area (Å²) in [6, 6.07) is 1.45. The SMILES string of the molecule is Cn1c(SCC[NH+]2CCCC2)nnc1[C@@H]1CCC[NH+]1C1CCCCC1. The molecule has 4 rings (SSSR count). The van der Waals surface area contributed by atoms with Gasteiger partial charge in [0.2, 0.25) is 0 Å². The molecule has 0 radical (unpaired) electrons. The average molecular weight is 366 g/mol. The van der Waals surface area contributed by atoms with Crippen LogP contribution >= 0.6 is 11.8 Å². The third kappa shape index (κ3) is 4.06. The van der Waals surface area contributed by atoms with Gasteiger partial charge in [0.05, 0.1) is 38.0 Å². The zero-order chi connectivity index (χ0) is 17.1. The van der Waals surface area contributed by atoms with E-state index in [0.29, 0.717) is 6.04 Å². The summed E-state index contributed by atoms with van der Waals surface area (Å²) >= 11 is 1.91. The molecule has 140 valence electrons. The molecule has 3 fully saturated rings. The summed E-state index contributed by atoms with van der Waals surface area (Å²) in [4.78, 5) is 3.59. The first-order chi connectivity index (χ1) is 12.3. The zero-order valence-electron chi connectivity index (χ0n) is 15.8. The lowest BCUT2D eigenvalue weighted by molar-refractivity contribution is -0.945. The molecular formula is C19H35N5S+2. The van der Waals surface area contributed by atoms with Gasteiger partial charge in [0.1, 0.15) is 6.04 Å². The maximum Gasteiger partial charge on any atom is 0.191 e. The molecule has 2 aliphatic heterocycles. The predicted octanol–water partition coefficient (Wildman–Crippen LogP) is 0.638. The van der Waals surface area contributed by atoms with Crippen LogP contribution in [0.5, 0.6) is 0 Å². The Bertz CT molecular complexity index is 548. The molecule has 1 aromatic rings. The fraction of sp³-hybridized carbons (Fsp3) is 0.895. The van der Waals surface area contributed by atoms with Crippen molar-refractivity contribution >= 4 is 11.8 Å². The van der Waals surface area contributed by atoms with Crippen molar-refractivity contribution in [2.24, 2.45) is 7.05 Å². The molecule has 0 bridgehead atoms. The van der Waals surface area contributed by atoms with Gasteiger partial charge in [-0.05, 0) is 25.7 Å². The standard InChI is InChI=1S/C19H33N5S/c1-22-18(17-10-7-13-24(17)16-8-3-2-4-9-16)20-21-19(22)25-15-14-23-11-5-6-12-23/h16-17H,2-15H2,1H3/p+2/t17-/m0/s1. The Labute approximate surface area is 156 Å². The number of aromatic nitrogens is 3. The van der Waals surface area contributed by atoms with Crippen molar-refractivity contribution in [3.05, 3.63) is 5.82 Å². The minimum absolute atomic E-state index is 0.583. The highest BCUT2D eigenvalue weighted by atomic mass is 32.2. The summed E-state index contributed by atoms with van der Waals surface area (Å²) < 4.78 is 2.31. The number of hydrogen-bond donors (Lipinski definition) is 2. The molecular weight excluding hydrogens is 330 g/mol. The van der Waals surface area contributed by atoms with E-state index in [1.807, 2.05) is 16.7 Å². The van der Waals surface area contributed by atoms with Crippen LogP contribution in [0, 0.1) is 0 Å². The molecule has 3 aliphatic rings. The van der Waals surface area contributed by atoms with Crippen LogP contribution in [0.4, 0.5) is 0 Å². The largest absolute Gasteiger partial charge is 0.334 e. The van der Waals surface area contributed by atoms with Crippen molar-refractivity contribution in [1.29, 1.82) is 0 Å². The molecule has 1 aromatic heterocycles. The highest BCUT2D eigenvalue weighted by molar-refractivity contribution is 7.99. The smallest absolute Gasteiger partial charge is 0.191 e. The van der Waals surface area contributed by atoms with E-state index >= 15 is 0 Å². The summed E-state index contributed by atoms with van der Waals surface area (Å²) in [6.07, 6.45) is 12.6. The van der Waals surface area contributed by atoms with Crippen LogP contribution in [0.3, 0.4) is 0 Å². The summed E-state index contributed by atoms with van der Waals surface area (Å²) in [5.74, 6) is 2.42. The molecule has 5 nitrogen and oxygen atoms in total. The Morgan fingerprint density at radius 3 is 2.56 bits per heavy atom. The van der Waals surface area contributed by atoms with E-state index in [9.17, 15) is 0 Å². The van der Waals surface area contributed by atoms with Crippen molar-refractivity contribution < 1.29 is 9.80 Å². The second-order valence-electron chi connectivity index (χ2n) is 8.31. The van der Waals surface area contributed by atoms with Gasteiger partial charge >= 0.3 is 0 Å². The summed E-state index contributed by atoms with van der Waals surface area (Å²) in [5.41, 5.74) is 0. The lowest BCUT2D eigenvalue weighted by Gasteiger charge is -2.32. The number of nitrogens with zero attached hydrogens (tertiary/aromatic N) is 3. The van der Waals surface area contributed by atoms with Gasteiger partial charge in [-0.1, -0.05) is 18.2 Å². The molecule has 1 unspecified atom stereocenters. The molecule has 1 aliphatic carbocycles. The van der Waals surface area contributed by atoms with Gasteiger partial charge in [-0.2, -0.15) is 0 Å². The number of rotatable bonds is 6. The van der Waals surface area contributed by atoms with Crippen LogP contribution in [0.1, 0.15) is 69.7 Å². The van der Waals surface area contributed by atoms with Crippen molar-refractivity contribution in [3.8, 4) is 0 Å². The number of quaternary nitrogens is 2. The highest BCUT2D eigenvalue weighted by Gasteiger charge is 2.39. The van der Waals surface area contributed by atoms with E-state index in [0.717, 1.165) is 11.2 Å². The maximum absolute atomic E-state index is 4.66. The highest BCUT2D eigenvalue weighted by Crippen LogP contribution is 2.25. The van der Waals surface area contributed by atoms with Crippen LogP contribution in [0.2, 0.25) is 0 Å². The average Bonchev–Trinajstić information content (AvgIpc) is 3.38. The number of hydrogen-bond acceptors (Lipinski definition) is 3. The Balaban J connectivity index is 1.37. The minimum atomic E-state index is 0.583. The van der Waals surface area contributed by atoms with E-state index in [1.165, 1.54) is 95.5 Å². The Hall–Kier alpha value is -0.590. The fourth-order valence-corrected chi connectivity index (χ4v) is 6.25. The monoisotopic (exact) mass is 365 g/mol. The Morgan fingerprint density at radius 1 is 0.960 bits per heavy atom. The van der Waals surface area contributed by atoms with Gasteiger partial charge in [-0.3, -0.25) is 0 Å². The molecule has 25 heavy (non-hydrogen) atoms. The molecule has 0 amide bonds. The van der Waals surface area contributed by atoms with Crippen molar-refractivity contribution in [3.63, 3.8) is 0 Å². The fourth-order valence-electron chi connectivity index (χ4n) is 5.29. The first-order valence-electron chi connectivity index (χ1n) is 10.5. The summed E-state index contributed by atoms with van der Waals surface area (Å²) in [7, 11) is 2.19. The van der Waals surface area contributed by atoms with Gasteiger partial charge in [0.15, 0.2) is 11.0 Å². The van der Waals surface area contributed by atoms with Crippen molar-refractivity contribution in [2.45, 2.75) is 75.0 Å². The maximum atomic E-state index is 4.66. The predicted molar refractivity (Wildman–Crippen MR) is 101 cm³/mol. The van der Waals surface area contributed by atoms with Gasteiger partial charge in [-0.15, -0.1) is 10.2 Å². The lowest BCUT2D eigenvalue weighted by atomic mass is 9.93. The van der Waals surface area contributed by atoms with Gasteiger partial charge in [-0.25, -0.2) is 0 Å². The van der Waals surface area contributed by atoms with E-state index < -0.39 is 0 Å². The Morgan fingerprint density at radius 2 is 1.76 bits per heavy atom. The molecule has 6 heteroatoms. The third-order valence-electron chi connectivity index (χ3n) is 6.71. The summed E-state index contributed by atoms with van der Waals surface area (Å²) in [5, 5.41) is 10.3. The second-order valence-corrected chi connectivity index (χ2v) is 9.37. The normalized spacial score (nSPS) is 28.8. The first kappa shape index (κ1) is 17.8. The zero-order valence-corrected chi connectivity index (χ0v) is 16.6. The summed E-state index contributed by atoms with van der Waals surface area (Å²) in [6.45, 7) is 5.34. The number of nitrogens with one attached hydrogen (secondary N) is 2. The molecule has 2 atom stereocenters. The van der Waals surface area contributed by atoms with Crippen molar-refractivity contribution in [2.75, 3.05) is 31.9 Å². The first-order valence-corrected chi connectivity index (χ1v) is 11.5. The molecule has 0 spiro atoms. The molecule has 2 N–H and O–H groups in total. The molecule has 0 aromatic carbocycles. The van der Waals surface area contributed by atoms with E-state index in [1.54, 1.807) is 4.90 Å².